The molecule has 18 heavy (non-hydrogen) atoms. The molecule has 0 aliphatic carbocycles. The molecule has 0 saturated carbocycles. The van der Waals surface area contributed by atoms with E-state index in [0.717, 1.165) is 12.2 Å². The van der Waals surface area contributed by atoms with Crippen LogP contribution in [-0.2, 0) is 6.42 Å². The summed E-state index contributed by atoms with van der Waals surface area (Å²) in [5.74, 6) is 0.221. The maximum atomic E-state index is 11.4. The number of carbonyl (C=O) groups is 1. The van der Waals surface area contributed by atoms with Crippen molar-refractivity contribution in [1.29, 1.82) is 0 Å². The van der Waals surface area contributed by atoms with Gasteiger partial charge in [-0.3, -0.25) is 8.97 Å². The van der Waals surface area contributed by atoms with Crippen molar-refractivity contribution in [3.05, 3.63) is 35.5 Å². The van der Waals surface area contributed by atoms with Crippen molar-refractivity contribution < 1.29 is 9.90 Å². The number of carboxylic acids is 1. The molecule has 0 unspecified atom stereocenters. The van der Waals surface area contributed by atoms with Gasteiger partial charge in [0, 0.05) is 30.4 Å². The largest absolute Gasteiger partial charge is 0.476 e. The van der Waals surface area contributed by atoms with Crippen molar-refractivity contribution >= 4 is 22.3 Å². The Morgan fingerprint density at radius 2 is 2.33 bits per heavy atom. The molecular weight excluding hydrogens is 252 g/mol. The highest BCUT2D eigenvalue weighted by atomic mass is 32.1. The summed E-state index contributed by atoms with van der Waals surface area (Å²) in [5.41, 5.74) is 0.166. The average molecular weight is 262 g/mol. The molecule has 0 saturated heterocycles. The summed E-state index contributed by atoms with van der Waals surface area (Å²) in [6.07, 6.45) is 5.81. The lowest BCUT2D eigenvalue weighted by Crippen LogP contribution is -2.08. The van der Waals surface area contributed by atoms with Gasteiger partial charge >= 0.3 is 5.97 Å². The van der Waals surface area contributed by atoms with E-state index in [4.69, 9.17) is 0 Å². The molecule has 92 valence electrons. The third-order valence-electron chi connectivity index (χ3n) is 2.71. The highest BCUT2D eigenvalue weighted by Crippen LogP contribution is 2.21. The second kappa shape index (κ2) is 3.95. The van der Waals surface area contributed by atoms with E-state index in [1.54, 1.807) is 27.6 Å². The molecule has 0 bridgehead atoms. The van der Waals surface area contributed by atoms with Crippen molar-refractivity contribution in [3.8, 4) is 5.82 Å². The maximum Gasteiger partial charge on any atom is 0.356 e. The summed E-state index contributed by atoms with van der Waals surface area (Å²) in [6, 6.07) is 0. The number of thiazole rings is 1. The molecule has 3 heterocycles. The fraction of sp³-hybridized carbons (Fsp3) is 0.182. The second-order valence-corrected chi connectivity index (χ2v) is 4.58. The first kappa shape index (κ1) is 11.0. The number of fused-ring (bicyclic) bond motifs is 1. The van der Waals surface area contributed by atoms with Crippen LogP contribution >= 0.6 is 11.3 Å². The first-order valence-electron chi connectivity index (χ1n) is 5.43. The fourth-order valence-electron chi connectivity index (χ4n) is 1.93. The van der Waals surface area contributed by atoms with Gasteiger partial charge in [-0.25, -0.2) is 9.78 Å². The predicted molar refractivity (Wildman–Crippen MR) is 66.5 cm³/mol. The van der Waals surface area contributed by atoms with Crippen LogP contribution in [0.25, 0.3) is 10.8 Å². The van der Waals surface area contributed by atoms with E-state index in [1.807, 2.05) is 12.3 Å². The highest BCUT2D eigenvalue weighted by Gasteiger charge is 2.21. The zero-order valence-corrected chi connectivity index (χ0v) is 10.4. The van der Waals surface area contributed by atoms with Crippen LogP contribution in [0.3, 0.4) is 0 Å². The summed E-state index contributed by atoms with van der Waals surface area (Å²) in [5, 5.41) is 11.2. The number of rotatable bonds is 3. The first-order chi connectivity index (χ1) is 8.72. The summed E-state index contributed by atoms with van der Waals surface area (Å²) < 4.78 is 3.31. The number of imidazole rings is 2. The van der Waals surface area contributed by atoms with Crippen molar-refractivity contribution in [2.75, 3.05) is 0 Å². The molecule has 0 atom stereocenters. The average Bonchev–Trinajstić information content (AvgIpc) is 3.01. The first-order valence-corrected chi connectivity index (χ1v) is 6.31. The van der Waals surface area contributed by atoms with Crippen LogP contribution in [-0.4, -0.2) is 30.0 Å². The number of aromatic carboxylic acids is 1. The maximum absolute atomic E-state index is 11.4. The lowest BCUT2D eigenvalue weighted by Gasteiger charge is -2.03. The quantitative estimate of drug-likeness (QED) is 0.781. The Hall–Kier alpha value is -2.15. The van der Waals surface area contributed by atoms with Gasteiger partial charge in [0.1, 0.15) is 5.82 Å². The van der Waals surface area contributed by atoms with Gasteiger partial charge in [-0.05, 0) is 0 Å². The van der Waals surface area contributed by atoms with Gasteiger partial charge in [0.15, 0.2) is 16.5 Å². The smallest absolute Gasteiger partial charge is 0.356 e. The Balaban J connectivity index is 2.31. The Kier molecular flexibility index (Phi) is 2.41. The number of aromatic nitrogens is 4. The molecule has 1 N–H and O–H groups in total. The van der Waals surface area contributed by atoms with Crippen LogP contribution < -0.4 is 0 Å². The number of nitrogens with zero attached hydrogens (tertiary/aromatic N) is 4. The van der Waals surface area contributed by atoms with E-state index in [1.165, 1.54) is 11.3 Å². The Morgan fingerprint density at radius 3 is 3.06 bits per heavy atom. The normalized spacial score (nSPS) is 11.2. The van der Waals surface area contributed by atoms with Gasteiger partial charge in [-0.15, -0.1) is 11.3 Å². The van der Waals surface area contributed by atoms with E-state index in [-0.39, 0.29) is 5.69 Å². The minimum Gasteiger partial charge on any atom is -0.476 e. The summed E-state index contributed by atoms with van der Waals surface area (Å²) >= 11 is 1.41. The van der Waals surface area contributed by atoms with Gasteiger partial charge in [0.05, 0.1) is 0 Å². The molecule has 0 aliphatic rings. The third-order valence-corrected chi connectivity index (χ3v) is 3.46. The highest BCUT2D eigenvalue weighted by molar-refractivity contribution is 7.15. The molecule has 3 rings (SSSR count). The van der Waals surface area contributed by atoms with E-state index < -0.39 is 5.97 Å². The second-order valence-electron chi connectivity index (χ2n) is 3.71. The molecule has 6 nitrogen and oxygen atoms in total. The van der Waals surface area contributed by atoms with Crippen molar-refractivity contribution in [3.63, 3.8) is 0 Å². The minimum absolute atomic E-state index is 0.166. The van der Waals surface area contributed by atoms with Crippen LogP contribution in [0, 0.1) is 0 Å². The molecule has 7 heteroatoms. The van der Waals surface area contributed by atoms with E-state index in [2.05, 4.69) is 9.97 Å². The number of hydrogen-bond acceptors (Lipinski definition) is 4. The van der Waals surface area contributed by atoms with Crippen LogP contribution in [0.2, 0.25) is 0 Å². The van der Waals surface area contributed by atoms with Crippen LogP contribution in [0.1, 0.15) is 23.2 Å². The number of carboxylic acid groups (broad SMARTS) is 1. The monoisotopic (exact) mass is 262 g/mol. The third kappa shape index (κ3) is 1.44. The molecule has 0 aromatic carbocycles. The SMILES string of the molecule is CCc1nccn1-c1nc2sccn2c1C(=O)O. The van der Waals surface area contributed by atoms with Gasteiger partial charge < -0.3 is 5.11 Å². The number of aryl methyl sites for hydroxylation is 1. The van der Waals surface area contributed by atoms with Gasteiger partial charge in [-0.1, -0.05) is 6.92 Å². The van der Waals surface area contributed by atoms with Crippen LogP contribution in [0.15, 0.2) is 24.0 Å². The zero-order valence-electron chi connectivity index (χ0n) is 9.57. The van der Waals surface area contributed by atoms with Crippen LogP contribution in [0.5, 0.6) is 0 Å². The minimum atomic E-state index is -0.994. The van der Waals surface area contributed by atoms with Gasteiger partial charge in [-0.2, -0.15) is 4.98 Å². The number of hydrogen-bond donors (Lipinski definition) is 1. The van der Waals surface area contributed by atoms with E-state index in [9.17, 15) is 9.90 Å². The van der Waals surface area contributed by atoms with Gasteiger partial charge in [0.2, 0.25) is 0 Å². The lowest BCUT2D eigenvalue weighted by atomic mass is 10.4. The molecule has 3 aromatic rings. The lowest BCUT2D eigenvalue weighted by molar-refractivity contribution is 0.0689. The van der Waals surface area contributed by atoms with Gasteiger partial charge in [0.25, 0.3) is 0 Å². The van der Waals surface area contributed by atoms with Crippen molar-refractivity contribution in [1.82, 2.24) is 18.9 Å². The summed E-state index contributed by atoms with van der Waals surface area (Å²) in [7, 11) is 0. The molecule has 0 aliphatic heterocycles. The summed E-state index contributed by atoms with van der Waals surface area (Å²) in [6.45, 7) is 1.97. The predicted octanol–water partition coefficient (Wildman–Crippen LogP) is 1.84. The molecule has 3 aromatic heterocycles. The Labute approximate surface area is 106 Å². The molecule has 0 fully saturated rings. The van der Waals surface area contributed by atoms with Crippen molar-refractivity contribution in [2.24, 2.45) is 0 Å². The zero-order chi connectivity index (χ0) is 12.7. The molecule has 0 amide bonds. The van der Waals surface area contributed by atoms with Crippen LogP contribution in [0.4, 0.5) is 0 Å². The van der Waals surface area contributed by atoms with E-state index >= 15 is 0 Å². The topological polar surface area (TPSA) is 72.4 Å². The molecular formula is C11H10N4O2S. The Morgan fingerprint density at radius 1 is 1.50 bits per heavy atom. The molecule has 0 spiro atoms. The van der Waals surface area contributed by atoms with E-state index in [0.29, 0.717) is 10.8 Å². The van der Waals surface area contributed by atoms with Crippen molar-refractivity contribution in [2.45, 2.75) is 13.3 Å². The standard InChI is InChI=1S/C11H10N4O2S/c1-2-7-12-3-4-14(7)9-8(10(16)17)15-5-6-18-11(15)13-9/h3-6H,2H2,1H3,(H,16,17). The molecule has 0 radical (unpaired) electrons. The Bertz CT molecular complexity index is 724. The fourth-order valence-corrected chi connectivity index (χ4v) is 2.64. The summed E-state index contributed by atoms with van der Waals surface area (Å²) in [4.78, 5) is 20.6.